The Morgan fingerprint density at radius 2 is 1.71 bits per heavy atom. The number of hydrogen-bond donors (Lipinski definition) is 0. The molecule has 0 fully saturated rings. The van der Waals surface area contributed by atoms with Gasteiger partial charge in [0.05, 0.1) is 0 Å². The van der Waals surface area contributed by atoms with Gasteiger partial charge in [-0.1, -0.05) is 55.4 Å². The Labute approximate surface area is 150 Å². The number of aryl methyl sites for hydroxylation is 1. The summed E-state index contributed by atoms with van der Waals surface area (Å²) in [6.07, 6.45) is 1.66. The van der Waals surface area contributed by atoms with Crippen LogP contribution in [0.4, 0.5) is 8.78 Å². The van der Waals surface area contributed by atoms with E-state index in [4.69, 9.17) is 4.74 Å². The van der Waals surface area contributed by atoms with Crippen LogP contribution < -0.4 is 4.74 Å². The van der Waals surface area contributed by atoms with Gasteiger partial charge < -0.3 is 4.74 Å². The van der Waals surface area contributed by atoms with Crippen molar-refractivity contribution in [1.29, 1.82) is 0 Å². The summed E-state index contributed by atoms with van der Waals surface area (Å²) in [5.74, 6) is -1.11. The van der Waals surface area contributed by atoms with Crippen LogP contribution in [-0.2, 0) is 5.41 Å². The lowest BCUT2D eigenvalue weighted by Crippen LogP contribution is -2.15. The van der Waals surface area contributed by atoms with Gasteiger partial charge in [-0.3, -0.25) is 0 Å². The molecular weight excluding hydrogens is 374 g/mol. The van der Waals surface area contributed by atoms with Crippen molar-refractivity contribution in [2.75, 3.05) is 6.61 Å². The fourth-order valence-corrected chi connectivity index (χ4v) is 3.09. The molecule has 2 aromatic carbocycles. The molecule has 0 atom stereocenters. The number of rotatable bonds is 4. The summed E-state index contributed by atoms with van der Waals surface area (Å²) >= 11 is 3.34. The highest BCUT2D eigenvalue weighted by Gasteiger charge is 2.24. The Balaban J connectivity index is 2.79. The molecule has 0 N–H and O–H groups in total. The fraction of sp³-hybridized carbons (Fsp3) is 0.300. The summed E-state index contributed by atoms with van der Waals surface area (Å²) in [6, 6.07) is 6.32. The van der Waals surface area contributed by atoms with Crippen molar-refractivity contribution in [3.05, 3.63) is 64.2 Å². The molecule has 1 nitrogen and oxygen atoms in total. The molecule has 0 aliphatic rings. The SMILES string of the molecule is C=CCOc1c(-c2cc(F)c(F)cc2Br)cc(C)cc1C(C)(C)C. The van der Waals surface area contributed by atoms with Gasteiger partial charge in [0.15, 0.2) is 11.6 Å². The maximum atomic E-state index is 13.8. The summed E-state index contributed by atoms with van der Waals surface area (Å²) < 4.78 is 33.7. The molecule has 128 valence electrons. The van der Waals surface area contributed by atoms with Crippen LogP contribution in [0, 0.1) is 18.6 Å². The highest BCUT2D eigenvalue weighted by atomic mass is 79.9. The van der Waals surface area contributed by atoms with Crippen LogP contribution in [0.15, 0.2) is 41.4 Å². The second-order valence-corrected chi connectivity index (χ2v) is 7.64. The first kappa shape index (κ1) is 18.7. The van der Waals surface area contributed by atoms with Crippen LogP contribution in [0.3, 0.4) is 0 Å². The molecule has 0 aromatic heterocycles. The van der Waals surface area contributed by atoms with E-state index in [-0.39, 0.29) is 5.41 Å². The number of benzene rings is 2. The van der Waals surface area contributed by atoms with E-state index in [9.17, 15) is 8.78 Å². The molecule has 4 heteroatoms. The molecule has 0 aliphatic heterocycles. The van der Waals surface area contributed by atoms with E-state index < -0.39 is 11.6 Å². The minimum atomic E-state index is -0.887. The first-order chi connectivity index (χ1) is 11.1. The maximum Gasteiger partial charge on any atom is 0.159 e. The van der Waals surface area contributed by atoms with Gasteiger partial charge in [0, 0.05) is 21.2 Å². The van der Waals surface area contributed by atoms with Crippen LogP contribution >= 0.6 is 15.9 Å². The van der Waals surface area contributed by atoms with Gasteiger partial charge in [-0.2, -0.15) is 0 Å². The average molecular weight is 395 g/mol. The van der Waals surface area contributed by atoms with E-state index in [1.165, 1.54) is 6.07 Å². The predicted octanol–water partition coefficient (Wildman–Crippen LogP) is 6.57. The summed E-state index contributed by atoms with van der Waals surface area (Å²) in [4.78, 5) is 0. The third kappa shape index (κ3) is 3.86. The average Bonchev–Trinajstić information content (AvgIpc) is 2.48. The van der Waals surface area contributed by atoms with E-state index in [0.717, 1.165) is 22.8 Å². The highest BCUT2D eigenvalue weighted by Crippen LogP contribution is 2.43. The van der Waals surface area contributed by atoms with Crippen molar-refractivity contribution in [2.45, 2.75) is 33.1 Å². The second kappa shape index (κ2) is 7.06. The first-order valence-electron chi connectivity index (χ1n) is 7.69. The maximum absolute atomic E-state index is 13.8. The molecular formula is C20H21BrF2O. The molecule has 2 rings (SSSR count). The second-order valence-electron chi connectivity index (χ2n) is 6.79. The zero-order valence-corrected chi connectivity index (χ0v) is 15.9. The molecule has 0 amide bonds. The Morgan fingerprint density at radius 1 is 1.08 bits per heavy atom. The third-order valence-corrected chi connectivity index (χ3v) is 4.34. The largest absolute Gasteiger partial charge is 0.489 e. The monoisotopic (exact) mass is 394 g/mol. The van der Waals surface area contributed by atoms with Gasteiger partial charge in [-0.05, 0) is 36.1 Å². The molecule has 0 aliphatic carbocycles. The van der Waals surface area contributed by atoms with Crippen LogP contribution in [0.25, 0.3) is 11.1 Å². The van der Waals surface area contributed by atoms with Gasteiger partial charge in [0.1, 0.15) is 12.4 Å². The fourth-order valence-electron chi connectivity index (χ4n) is 2.56. The topological polar surface area (TPSA) is 9.23 Å². The zero-order valence-electron chi connectivity index (χ0n) is 14.3. The van der Waals surface area contributed by atoms with E-state index in [0.29, 0.717) is 22.4 Å². The number of hydrogen-bond acceptors (Lipinski definition) is 1. The number of ether oxygens (including phenoxy) is 1. The van der Waals surface area contributed by atoms with Crippen molar-refractivity contribution in [1.82, 2.24) is 0 Å². The zero-order chi connectivity index (χ0) is 18.1. The van der Waals surface area contributed by atoms with Gasteiger partial charge in [-0.15, -0.1) is 0 Å². The van der Waals surface area contributed by atoms with Crippen LogP contribution in [0.1, 0.15) is 31.9 Å². The number of halogens is 3. The molecule has 0 spiro atoms. The Morgan fingerprint density at radius 3 is 2.29 bits per heavy atom. The third-order valence-electron chi connectivity index (χ3n) is 3.69. The molecule has 2 aromatic rings. The molecule has 0 heterocycles. The molecule has 0 bridgehead atoms. The predicted molar refractivity (Wildman–Crippen MR) is 98.6 cm³/mol. The normalized spacial score (nSPS) is 11.5. The Bertz CT molecular complexity index is 776. The highest BCUT2D eigenvalue weighted by molar-refractivity contribution is 9.10. The Hall–Kier alpha value is -1.68. The van der Waals surface area contributed by atoms with Crippen molar-refractivity contribution in [3.8, 4) is 16.9 Å². The standard InChI is InChI=1S/C20H21BrF2O/c1-6-7-24-19-14(8-12(2)9-15(19)20(3,4)5)13-10-17(22)18(23)11-16(13)21/h6,8-11H,1,7H2,2-5H3. The first-order valence-corrected chi connectivity index (χ1v) is 8.48. The molecule has 0 saturated carbocycles. The van der Waals surface area contributed by atoms with Crippen molar-refractivity contribution >= 4 is 15.9 Å². The summed E-state index contributed by atoms with van der Waals surface area (Å²) in [5, 5.41) is 0. The van der Waals surface area contributed by atoms with Gasteiger partial charge in [-0.25, -0.2) is 8.78 Å². The lowest BCUT2D eigenvalue weighted by Gasteiger charge is -2.26. The molecule has 0 saturated heterocycles. The van der Waals surface area contributed by atoms with Crippen molar-refractivity contribution < 1.29 is 13.5 Å². The lowest BCUT2D eigenvalue weighted by atomic mass is 9.83. The van der Waals surface area contributed by atoms with Gasteiger partial charge in [0.25, 0.3) is 0 Å². The van der Waals surface area contributed by atoms with Crippen LogP contribution in [-0.4, -0.2) is 6.61 Å². The van der Waals surface area contributed by atoms with Crippen molar-refractivity contribution in [3.63, 3.8) is 0 Å². The summed E-state index contributed by atoms with van der Waals surface area (Å²) in [5.41, 5.74) is 3.16. The minimum absolute atomic E-state index is 0.164. The van der Waals surface area contributed by atoms with Crippen molar-refractivity contribution in [2.24, 2.45) is 0 Å². The smallest absolute Gasteiger partial charge is 0.159 e. The van der Waals surface area contributed by atoms with E-state index in [2.05, 4.69) is 49.3 Å². The van der Waals surface area contributed by atoms with Gasteiger partial charge >= 0.3 is 0 Å². The minimum Gasteiger partial charge on any atom is -0.489 e. The van der Waals surface area contributed by atoms with E-state index in [1.54, 1.807) is 6.08 Å². The molecule has 0 radical (unpaired) electrons. The summed E-state index contributed by atoms with van der Waals surface area (Å²) in [6.45, 7) is 12.3. The lowest BCUT2D eigenvalue weighted by molar-refractivity contribution is 0.352. The molecule has 24 heavy (non-hydrogen) atoms. The van der Waals surface area contributed by atoms with Crippen LogP contribution in [0.2, 0.25) is 0 Å². The van der Waals surface area contributed by atoms with E-state index >= 15 is 0 Å². The van der Waals surface area contributed by atoms with E-state index in [1.807, 2.05) is 13.0 Å². The molecule has 0 unspecified atom stereocenters. The van der Waals surface area contributed by atoms with Crippen LogP contribution in [0.5, 0.6) is 5.75 Å². The van der Waals surface area contributed by atoms with Gasteiger partial charge in [0.2, 0.25) is 0 Å². The summed E-state index contributed by atoms with van der Waals surface area (Å²) in [7, 11) is 0. The quantitative estimate of drug-likeness (QED) is 0.421. The Kier molecular flexibility index (Phi) is 5.49.